The molecule has 2 saturated carbocycles. The van der Waals surface area contributed by atoms with Crippen LogP contribution in [0, 0.1) is 45.8 Å². The first-order valence-corrected chi connectivity index (χ1v) is 14.2. The van der Waals surface area contributed by atoms with Crippen LogP contribution in [0.25, 0.3) is 0 Å². The number of hydrogen-bond donors (Lipinski definition) is 0. The SMILES string of the molecule is CC(=O)O[C@H]1CC[C@]2(C)C3=C(CC[C@H]2C1(C)C)[C@@H]1CC[C@@H]([C@@H](C)CCC(=O)C(C)C)[C@@]1(C)CC3. The van der Waals surface area contributed by atoms with Gasteiger partial charge in [0.25, 0.3) is 0 Å². The smallest absolute Gasteiger partial charge is 0.302 e. The molecular weight excluding hydrogens is 420 g/mol. The molecule has 0 spiro atoms. The molecule has 0 unspecified atom stereocenters. The lowest BCUT2D eigenvalue weighted by molar-refractivity contribution is -0.167. The molecular formula is C31H50O3. The van der Waals surface area contributed by atoms with Gasteiger partial charge < -0.3 is 4.74 Å². The molecule has 3 heteroatoms. The number of ether oxygens (including phenoxy) is 1. The summed E-state index contributed by atoms with van der Waals surface area (Å²) in [6.07, 6.45) is 11.7. The van der Waals surface area contributed by atoms with E-state index in [1.807, 2.05) is 19.4 Å². The zero-order chi connectivity index (χ0) is 25.1. The van der Waals surface area contributed by atoms with Crippen LogP contribution in [0.5, 0.6) is 0 Å². The highest BCUT2D eigenvalue weighted by atomic mass is 16.5. The molecule has 0 N–H and O–H groups in total. The second-order valence-corrected chi connectivity index (χ2v) is 13.8. The van der Waals surface area contributed by atoms with Crippen molar-refractivity contribution in [3.63, 3.8) is 0 Å². The Labute approximate surface area is 208 Å². The quantitative estimate of drug-likeness (QED) is 0.292. The number of esters is 1. The van der Waals surface area contributed by atoms with Gasteiger partial charge in [-0.2, -0.15) is 0 Å². The van der Waals surface area contributed by atoms with Gasteiger partial charge in [0.05, 0.1) is 0 Å². The van der Waals surface area contributed by atoms with E-state index in [4.69, 9.17) is 4.74 Å². The van der Waals surface area contributed by atoms with Gasteiger partial charge in [-0.25, -0.2) is 0 Å². The molecule has 0 amide bonds. The molecule has 0 aromatic carbocycles. The summed E-state index contributed by atoms with van der Waals surface area (Å²) in [4.78, 5) is 24.1. The highest BCUT2D eigenvalue weighted by Crippen LogP contribution is 2.68. The molecule has 3 nitrogen and oxygen atoms in total. The first-order chi connectivity index (χ1) is 15.8. The van der Waals surface area contributed by atoms with Crippen molar-refractivity contribution in [1.29, 1.82) is 0 Å². The van der Waals surface area contributed by atoms with Crippen molar-refractivity contribution in [2.75, 3.05) is 0 Å². The summed E-state index contributed by atoms with van der Waals surface area (Å²) >= 11 is 0. The lowest BCUT2D eigenvalue weighted by atomic mass is 9.45. The molecule has 0 aromatic heterocycles. The van der Waals surface area contributed by atoms with Gasteiger partial charge in [-0.15, -0.1) is 0 Å². The van der Waals surface area contributed by atoms with Gasteiger partial charge in [-0.05, 0) is 92.3 Å². The average molecular weight is 471 g/mol. The largest absolute Gasteiger partial charge is 0.462 e. The van der Waals surface area contributed by atoms with Crippen molar-refractivity contribution in [2.24, 2.45) is 45.8 Å². The van der Waals surface area contributed by atoms with Crippen LogP contribution in [-0.4, -0.2) is 17.9 Å². The zero-order valence-electron chi connectivity index (χ0n) is 23.3. The lowest BCUT2D eigenvalue weighted by Gasteiger charge is -2.60. The number of fused-ring (bicyclic) bond motifs is 4. The van der Waals surface area contributed by atoms with Crippen molar-refractivity contribution < 1.29 is 14.3 Å². The van der Waals surface area contributed by atoms with Crippen LogP contribution in [0.1, 0.15) is 120 Å². The Kier molecular flexibility index (Phi) is 6.93. The van der Waals surface area contributed by atoms with Crippen LogP contribution >= 0.6 is 0 Å². The number of carbonyl (C=O) groups excluding carboxylic acids is 2. The van der Waals surface area contributed by atoms with E-state index in [2.05, 4.69) is 34.6 Å². The van der Waals surface area contributed by atoms with E-state index in [0.29, 0.717) is 23.0 Å². The third-order valence-corrected chi connectivity index (χ3v) is 11.4. The lowest BCUT2D eigenvalue weighted by Crippen LogP contribution is -2.54. The average Bonchev–Trinajstić information content (AvgIpc) is 3.11. The Balaban J connectivity index is 1.56. The number of rotatable bonds is 6. The van der Waals surface area contributed by atoms with E-state index in [0.717, 1.165) is 37.5 Å². The fourth-order valence-corrected chi connectivity index (χ4v) is 9.52. The van der Waals surface area contributed by atoms with E-state index >= 15 is 0 Å². The number of ketones is 1. The fourth-order valence-electron chi connectivity index (χ4n) is 9.52. The van der Waals surface area contributed by atoms with Crippen molar-refractivity contribution in [3.8, 4) is 0 Å². The van der Waals surface area contributed by atoms with E-state index in [9.17, 15) is 9.59 Å². The Morgan fingerprint density at radius 3 is 2.32 bits per heavy atom. The molecule has 4 rings (SSSR count). The summed E-state index contributed by atoms with van der Waals surface area (Å²) in [5, 5.41) is 0. The van der Waals surface area contributed by atoms with Gasteiger partial charge in [0.1, 0.15) is 11.9 Å². The van der Waals surface area contributed by atoms with E-state index in [-0.39, 0.29) is 28.8 Å². The van der Waals surface area contributed by atoms with E-state index < -0.39 is 0 Å². The first-order valence-electron chi connectivity index (χ1n) is 14.2. The molecule has 0 radical (unpaired) electrons. The second-order valence-electron chi connectivity index (χ2n) is 13.8. The first kappa shape index (κ1) is 26.0. The third-order valence-electron chi connectivity index (χ3n) is 11.4. The van der Waals surface area contributed by atoms with Crippen LogP contribution in [0.3, 0.4) is 0 Å². The van der Waals surface area contributed by atoms with Gasteiger partial charge in [-0.3, -0.25) is 9.59 Å². The molecule has 0 aromatic rings. The minimum Gasteiger partial charge on any atom is -0.462 e. The topological polar surface area (TPSA) is 43.4 Å². The third kappa shape index (κ3) is 4.11. The van der Waals surface area contributed by atoms with Crippen molar-refractivity contribution >= 4 is 11.8 Å². The molecule has 2 fully saturated rings. The van der Waals surface area contributed by atoms with Crippen molar-refractivity contribution in [1.82, 2.24) is 0 Å². The van der Waals surface area contributed by atoms with Crippen molar-refractivity contribution in [2.45, 2.75) is 126 Å². The Hall–Kier alpha value is -1.12. The summed E-state index contributed by atoms with van der Waals surface area (Å²) in [7, 11) is 0. The summed E-state index contributed by atoms with van der Waals surface area (Å²) < 4.78 is 5.84. The molecule has 4 aliphatic rings. The van der Waals surface area contributed by atoms with Gasteiger partial charge >= 0.3 is 5.97 Å². The second kappa shape index (κ2) is 9.07. The molecule has 4 aliphatic carbocycles. The number of allylic oxidation sites excluding steroid dienone is 2. The predicted octanol–water partition coefficient (Wildman–Crippen LogP) is 7.92. The number of hydrogen-bond acceptors (Lipinski definition) is 3. The van der Waals surface area contributed by atoms with Gasteiger partial charge in [0.2, 0.25) is 0 Å². The summed E-state index contributed by atoms with van der Waals surface area (Å²) in [5.41, 5.74) is 4.29. The molecule has 0 aliphatic heterocycles. The van der Waals surface area contributed by atoms with Crippen LogP contribution < -0.4 is 0 Å². The summed E-state index contributed by atoms with van der Waals surface area (Å²) in [6, 6.07) is 0. The maximum absolute atomic E-state index is 12.3. The Bertz CT molecular complexity index is 851. The van der Waals surface area contributed by atoms with E-state index in [1.54, 1.807) is 12.5 Å². The fraction of sp³-hybridized carbons (Fsp3) is 0.871. The molecule has 7 atom stereocenters. The number of Topliss-reactive ketones (excluding diaryl/α,β-unsaturated/α-hetero) is 1. The van der Waals surface area contributed by atoms with Crippen LogP contribution in [-0.2, 0) is 14.3 Å². The predicted molar refractivity (Wildman–Crippen MR) is 138 cm³/mol. The molecule has 0 bridgehead atoms. The summed E-state index contributed by atoms with van der Waals surface area (Å²) in [5.74, 6) is 3.15. The maximum Gasteiger partial charge on any atom is 0.302 e. The van der Waals surface area contributed by atoms with Crippen molar-refractivity contribution in [3.05, 3.63) is 11.1 Å². The van der Waals surface area contributed by atoms with Crippen LogP contribution in [0.2, 0.25) is 0 Å². The van der Waals surface area contributed by atoms with Gasteiger partial charge in [0, 0.05) is 24.7 Å². The number of carbonyl (C=O) groups is 2. The van der Waals surface area contributed by atoms with Crippen LogP contribution in [0.4, 0.5) is 0 Å². The van der Waals surface area contributed by atoms with E-state index in [1.165, 1.54) is 38.5 Å². The minimum absolute atomic E-state index is 0.0215. The molecule has 0 saturated heterocycles. The van der Waals surface area contributed by atoms with Crippen LogP contribution in [0.15, 0.2) is 11.1 Å². The minimum atomic E-state index is -0.132. The zero-order valence-corrected chi connectivity index (χ0v) is 23.3. The normalized spacial score (nSPS) is 39.8. The highest BCUT2D eigenvalue weighted by Gasteiger charge is 2.59. The highest BCUT2D eigenvalue weighted by molar-refractivity contribution is 5.80. The Morgan fingerprint density at radius 2 is 1.68 bits per heavy atom. The molecule has 192 valence electrons. The van der Waals surface area contributed by atoms with Gasteiger partial charge in [0.15, 0.2) is 0 Å². The molecule has 34 heavy (non-hydrogen) atoms. The standard InChI is InChI=1S/C31H50O3/c1-19(2)26(33)13-9-20(3)23-11-12-24-22-10-14-27-29(5,6)28(34-21(4)32)16-18-31(27,8)25(22)15-17-30(23,24)7/h19-20,23-24,27-28H,9-18H2,1-8H3/t20-,23-,24-,27-,28-,30+,31+/m0/s1. The van der Waals surface area contributed by atoms with Gasteiger partial charge in [-0.1, -0.05) is 59.6 Å². The Morgan fingerprint density at radius 1 is 0.971 bits per heavy atom. The maximum atomic E-state index is 12.3. The molecule has 0 heterocycles. The monoisotopic (exact) mass is 470 g/mol. The summed E-state index contributed by atoms with van der Waals surface area (Å²) in [6.45, 7) is 17.9.